The first-order valence-corrected chi connectivity index (χ1v) is 11.5. The lowest BCUT2D eigenvalue weighted by Gasteiger charge is -2.38. The van der Waals surface area contributed by atoms with E-state index in [-0.39, 0.29) is 4.90 Å². The number of aryl methyl sites for hydroxylation is 1. The molecule has 0 spiro atoms. The van der Waals surface area contributed by atoms with Gasteiger partial charge in [0.2, 0.25) is 0 Å². The van der Waals surface area contributed by atoms with Gasteiger partial charge in [-0.05, 0) is 55.0 Å². The van der Waals surface area contributed by atoms with Crippen molar-refractivity contribution >= 4 is 27.4 Å². The van der Waals surface area contributed by atoms with Gasteiger partial charge in [0.25, 0.3) is 10.0 Å². The fraction of sp³-hybridized carbons (Fsp3) is 0.409. The fourth-order valence-electron chi connectivity index (χ4n) is 4.27. The van der Waals surface area contributed by atoms with Gasteiger partial charge >= 0.3 is 6.03 Å². The Morgan fingerprint density at radius 3 is 2.50 bits per heavy atom. The van der Waals surface area contributed by atoms with Crippen LogP contribution in [-0.4, -0.2) is 21.0 Å². The van der Waals surface area contributed by atoms with Crippen molar-refractivity contribution in [1.29, 1.82) is 0 Å². The number of urea groups is 1. The monoisotopic (exact) mass is 398 g/mol. The second kappa shape index (κ2) is 7.59. The van der Waals surface area contributed by atoms with E-state index in [1.165, 1.54) is 19.3 Å². The molecule has 2 amide bonds. The molecule has 1 saturated carbocycles. The molecule has 148 valence electrons. The Labute approximate surface area is 167 Å². The minimum atomic E-state index is -3.94. The minimum absolute atomic E-state index is 0.201. The van der Waals surface area contributed by atoms with E-state index in [0.717, 1.165) is 29.1 Å². The number of fused-ring (bicyclic) bond motifs is 1. The molecule has 0 atom stereocenters. The van der Waals surface area contributed by atoms with E-state index in [0.29, 0.717) is 23.8 Å². The maximum absolute atomic E-state index is 13.5. The first-order valence-electron chi connectivity index (χ1n) is 10.1. The number of anilines is 2. The maximum Gasteiger partial charge on any atom is 0.343 e. The van der Waals surface area contributed by atoms with Crippen LogP contribution in [0.3, 0.4) is 0 Å². The van der Waals surface area contributed by atoms with Gasteiger partial charge in [0, 0.05) is 6.54 Å². The largest absolute Gasteiger partial charge is 0.343 e. The summed E-state index contributed by atoms with van der Waals surface area (Å²) in [6, 6.07) is 13.6. The van der Waals surface area contributed by atoms with E-state index >= 15 is 0 Å². The molecule has 2 aliphatic rings. The van der Waals surface area contributed by atoms with Crippen LogP contribution in [-0.2, 0) is 16.4 Å². The summed E-state index contributed by atoms with van der Waals surface area (Å²) in [7, 11) is -3.94. The van der Waals surface area contributed by atoms with Crippen molar-refractivity contribution < 1.29 is 13.2 Å². The summed E-state index contributed by atoms with van der Waals surface area (Å²) in [5, 5.41) is 0. The van der Waals surface area contributed by atoms with Crippen molar-refractivity contribution in [2.75, 3.05) is 15.7 Å². The third kappa shape index (κ3) is 3.30. The second-order valence-corrected chi connectivity index (χ2v) is 9.41. The van der Waals surface area contributed by atoms with Crippen molar-refractivity contribution in [3.8, 4) is 0 Å². The number of amides is 2. The van der Waals surface area contributed by atoms with Crippen molar-refractivity contribution in [2.24, 2.45) is 5.92 Å². The number of rotatable bonds is 4. The Kier molecular flexibility index (Phi) is 5.15. The summed E-state index contributed by atoms with van der Waals surface area (Å²) in [6.45, 7) is 2.58. The topological polar surface area (TPSA) is 57.7 Å². The molecule has 1 heterocycles. The van der Waals surface area contributed by atoms with Gasteiger partial charge in [-0.15, -0.1) is 0 Å². The van der Waals surface area contributed by atoms with Gasteiger partial charge < -0.3 is 0 Å². The number of hydrogen-bond acceptors (Lipinski definition) is 3. The molecule has 1 aliphatic carbocycles. The molecule has 2 aromatic rings. The van der Waals surface area contributed by atoms with Gasteiger partial charge in [-0.3, -0.25) is 4.90 Å². The molecule has 0 bridgehead atoms. The number of sulfonamides is 1. The molecule has 28 heavy (non-hydrogen) atoms. The molecule has 1 fully saturated rings. The molecule has 0 N–H and O–H groups in total. The molecule has 0 saturated heterocycles. The van der Waals surface area contributed by atoms with E-state index < -0.39 is 16.1 Å². The van der Waals surface area contributed by atoms with Crippen LogP contribution >= 0.6 is 0 Å². The van der Waals surface area contributed by atoms with Gasteiger partial charge in [-0.25, -0.2) is 13.2 Å². The van der Waals surface area contributed by atoms with Crippen molar-refractivity contribution in [3.05, 3.63) is 54.1 Å². The van der Waals surface area contributed by atoms with Crippen LogP contribution in [0.4, 0.5) is 16.2 Å². The van der Waals surface area contributed by atoms with Crippen LogP contribution in [0.25, 0.3) is 0 Å². The smallest absolute Gasteiger partial charge is 0.292 e. The third-order valence-electron chi connectivity index (χ3n) is 5.80. The second-order valence-electron chi connectivity index (χ2n) is 7.66. The van der Waals surface area contributed by atoms with Crippen molar-refractivity contribution in [2.45, 2.75) is 50.3 Å². The first-order chi connectivity index (χ1) is 13.5. The number of benzene rings is 2. The predicted octanol–water partition coefficient (Wildman–Crippen LogP) is 4.96. The standard InChI is InChI=1S/C22H26N2O3S/c1-2-17-11-8-12-19(15-17)24-22(25)23(16-18-9-4-3-5-10-18)20-13-6-7-14-21(20)28(24,26)27/h6-8,11-15,18H,2-5,9-10,16H2,1H3. The predicted molar refractivity (Wildman–Crippen MR) is 111 cm³/mol. The summed E-state index contributed by atoms with van der Waals surface area (Å²) < 4.78 is 27.6. The summed E-state index contributed by atoms with van der Waals surface area (Å²) >= 11 is 0. The van der Waals surface area contributed by atoms with Gasteiger partial charge in [-0.1, -0.05) is 50.5 Å². The number of nitrogens with zero attached hydrogens (tertiary/aromatic N) is 2. The highest BCUT2D eigenvalue weighted by molar-refractivity contribution is 7.94. The van der Waals surface area contributed by atoms with Crippen LogP contribution in [0, 0.1) is 5.92 Å². The first kappa shape index (κ1) is 19.0. The van der Waals surface area contributed by atoms with Crippen LogP contribution < -0.4 is 9.21 Å². The molecule has 4 rings (SSSR count). The van der Waals surface area contributed by atoms with E-state index in [2.05, 4.69) is 0 Å². The Balaban J connectivity index is 1.80. The highest BCUT2D eigenvalue weighted by Crippen LogP contribution is 2.38. The number of para-hydroxylation sites is 1. The van der Waals surface area contributed by atoms with E-state index in [1.54, 1.807) is 41.3 Å². The van der Waals surface area contributed by atoms with Gasteiger partial charge in [0.15, 0.2) is 0 Å². The van der Waals surface area contributed by atoms with E-state index in [1.807, 2.05) is 19.1 Å². The van der Waals surface area contributed by atoms with Crippen LogP contribution in [0.1, 0.15) is 44.6 Å². The zero-order valence-electron chi connectivity index (χ0n) is 16.2. The number of carbonyl (C=O) groups is 1. The SMILES string of the molecule is CCc1cccc(N2C(=O)N(CC3CCCCC3)c3ccccc3S2(=O)=O)c1. The van der Waals surface area contributed by atoms with Crippen LogP contribution in [0.2, 0.25) is 0 Å². The number of hydrogen-bond donors (Lipinski definition) is 0. The van der Waals surface area contributed by atoms with E-state index in [4.69, 9.17) is 0 Å². The Hall–Kier alpha value is -2.34. The summed E-state index contributed by atoms with van der Waals surface area (Å²) in [6.07, 6.45) is 6.54. The highest BCUT2D eigenvalue weighted by atomic mass is 32.2. The summed E-state index contributed by atoms with van der Waals surface area (Å²) in [4.78, 5) is 15.3. The Morgan fingerprint density at radius 1 is 1.00 bits per heavy atom. The normalized spacial score (nSPS) is 19.5. The molecule has 0 unspecified atom stereocenters. The lowest BCUT2D eigenvalue weighted by atomic mass is 9.89. The third-order valence-corrected chi connectivity index (χ3v) is 7.55. The average Bonchev–Trinajstić information content (AvgIpc) is 2.72. The molecular weight excluding hydrogens is 372 g/mol. The molecule has 0 radical (unpaired) electrons. The van der Waals surface area contributed by atoms with Crippen LogP contribution in [0.5, 0.6) is 0 Å². The quantitative estimate of drug-likeness (QED) is 0.731. The highest BCUT2D eigenvalue weighted by Gasteiger charge is 2.43. The fourth-order valence-corrected chi connectivity index (χ4v) is 5.85. The zero-order valence-corrected chi connectivity index (χ0v) is 17.0. The molecule has 5 nitrogen and oxygen atoms in total. The van der Waals surface area contributed by atoms with Gasteiger partial charge in [0.05, 0.1) is 11.4 Å². The summed E-state index contributed by atoms with van der Waals surface area (Å²) in [5.41, 5.74) is 1.91. The molecule has 6 heteroatoms. The lowest BCUT2D eigenvalue weighted by Crippen LogP contribution is -2.52. The van der Waals surface area contributed by atoms with Gasteiger partial charge in [-0.2, -0.15) is 4.31 Å². The zero-order chi connectivity index (χ0) is 19.7. The Bertz CT molecular complexity index is 981. The van der Waals surface area contributed by atoms with Crippen molar-refractivity contribution in [3.63, 3.8) is 0 Å². The van der Waals surface area contributed by atoms with Crippen molar-refractivity contribution in [1.82, 2.24) is 0 Å². The molecule has 2 aromatic carbocycles. The molecule has 0 aromatic heterocycles. The number of carbonyl (C=O) groups excluding carboxylic acids is 1. The maximum atomic E-state index is 13.5. The van der Waals surface area contributed by atoms with Crippen LogP contribution in [0.15, 0.2) is 53.4 Å². The van der Waals surface area contributed by atoms with E-state index in [9.17, 15) is 13.2 Å². The lowest BCUT2D eigenvalue weighted by molar-refractivity contribution is 0.250. The molecular formula is C22H26N2O3S. The molecule has 1 aliphatic heterocycles. The van der Waals surface area contributed by atoms with Gasteiger partial charge in [0.1, 0.15) is 4.90 Å². The minimum Gasteiger partial charge on any atom is -0.292 e. The Morgan fingerprint density at radius 2 is 1.75 bits per heavy atom. The average molecular weight is 399 g/mol. The summed E-state index contributed by atoms with van der Waals surface area (Å²) in [5.74, 6) is 0.412.